The maximum atomic E-state index is 13.3. The number of hydrogen-bond donors (Lipinski definition) is 1. The van der Waals surface area contributed by atoms with Crippen LogP contribution >= 0.6 is 0 Å². The molecule has 29 heavy (non-hydrogen) atoms. The van der Waals surface area contributed by atoms with Crippen LogP contribution in [0.1, 0.15) is 64.7 Å². The Kier molecular flexibility index (Phi) is 4.88. The third-order valence-electron chi connectivity index (χ3n) is 9.64. The van der Waals surface area contributed by atoms with Crippen molar-refractivity contribution in [1.82, 2.24) is 9.55 Å². The molecule has 0 aliphatic heterocycles. The molecule has 0 radical (unpaired) electrons. The van der Waals surface area contributed by atoms with Crippen molar-refractivity contribution in [3.05, 3.63) is 18.7 Å². The Labute approximate surface area is 173 Å². The van der Waals surface area contributed by atoms with E-state index in [1.165, 1.54) is 19.3 Å². The van der Waals surface area contributed by atoms with Crippen molar-refractivity contribution in [3.63, 3.8) is 0 Å². The van der Waals surface area contributed by atoms with Crippen LogP contribution < -0.4 is 0 Å². The number of aliphatic hydroxyl groups is 1. The molecular formula is C24H35FN2O2. The number of rotatable bonds is 4. The van der Waals surface area contributed by atoms with Crippen LogP contribution in [0.3, 0.4) is 0 Å². The van der Waals surface area contributed by atoms with E-state index in [4.69, 9.17) is 0 Å². The Bertz CT molecular complexity index is 752. The Hall–Kier alpha value is -1.23. The number of imidazole rings is 1. The maximum absolute atomic E-state index is 13.3. The highest BCUT2D eigenvalue weighted by Gasteiger charge is 2.58. The van der Waals surface area contributed by atoms with Gasteiger partial charge in [-0.15, -0.1) is 0 Å². The zero-order chi connectivity index (χ0) is 20.2. The highest BCUT2D eigenvalue weighted by atomic mass is 19.1. The zero-order valence-corrected chi connectivity index (χ0v) is 17.6. The molecule has 160 valence electrons. The quantitative estimate of drug-likeness (QED) is 0.811. The van der Waals surface area contributed by atoms with Gasteiger partial charge in [0, 0.05) is 18.3 Å². The lowest BCUT2D eigenvalue weighted by Crippen LogP contribution is -2.52. The van der Waals surface area contributed by atoms with Crippen LogP contribution in [0.2, 0.25) is 0 Å². The third kappa shape index (κ3) is 3.19. The average molecular weight is 403 g/mol. The number of halogens is 1. The molecule has 0 bridgehead atoms. The van der Waals surface area contributed by atoms with Gasteiger partial charge < -0.3 is 9.67 Å². The molecule has 1 aromatic heterocycles. The van der Waals surface area contributed by atoms with Crippen LogP contribution in [0.25, 0.3) is 0 Å². The standard InChI is InChI=1S/C24H35FN2O2/c1-23-8-6-18-17-7-9-24(29,14-25)12-16(17)2-3-19(18)20(23)4-5-21(23)22(28)13-27-11-10-26-15-27/h10-11,15-21,29H,2-9,12-14H2,1H3/t16-,17+,18-,19-,20+,21-,23+,24+/m1/s1. The number of nitrogens with zero attached hydrogens (tertiary/aromatic N) is 2. The molecule has 4 saturated carbocycles. The van der Waals surface area contributed by atoms with Crippen molar-refractivity contribution in [2.24, 2.45) is 40.9 Å². The van der Waals surface area contributed by atoms with Crippen molar-refractivity contribution in [3.8, 4) is 0 Å². The highest BCUT2D eigenvalue weighted by Crippen LogP contribution is 2.64. The summed E-state index contributed by atoms with van der Waals surface area (Å²) in [6.45, 7) is 2.26. The molecule has 4 aliphatic rings. The fraction of sp³-hybridized carbons (Fsp3) is 0.833. The summed E-state index contributed by atoms with van der Waals surface area (Å²) in [6.07, 6.45) is 14.6. The number of carbonyl (C=O) groups excluding carboxylic acids is 1. The van der Waals surface area contributed by atoms with Crippen LogP contribution in [0, 0.1) is 40.9 Å². The van der Waals surface area contributed by atoms with Gasteiger partial charge in [0.25, 0.3) is 0 Å². The molecule has 4 nitrogen and oxygen atoms in total. The van der Waals surface area contributed by atoms with E-state index in [0.29, 0.717) is 42.9 Å². The number of aromatic nitrogens is 2. The molecule has 4 aliphatic carbocycles. The van der Waals surface area contributed by atoms with Gasteiger partial charge in [0.15, 0.2) is 5.78 Å². The second-order valence-corrected chi connectivity index (χ2v) is 10.9. The van der Waals surface area contributed by atoms with E-state index in [0.717, 1.165) is 37.5 Å². The van der Waals surface area contributed by atoms with Gasteiger partial charge in [-0.2, -0.15) is 0 Å². The number of ketones is 1. The average Bonchev–Trinajstić information content (AvgIpc) is 3.34. The van der Waals surface area contributed by atoms with Crippen LogP contribution in [0.15, 0.2) is 18.7 Å². The van der Waals surface area contributed by atoms with Gasteiger partial charge in [-0.05, 0) is 92.8 Å². The van der Waals surface area contributed by atoms with Crippen molar-refractivity contribution in [1.29, 1.82) is 0 Å². The summed E-state index contributed by atoms with van der Waals surface area (Å²) in [4.78, 5) is 17.2. The van der Waals surface area contributed by atoms with Gasteiger partial charge in [-0.3, -0.25) is 4.79 Å². The fourth-order valence-corrected chi connectivity index (χ4v) is 8.28. The van der Waals surface area contributed by atoms with Crippen molar-refractivity contribution >= 4 is 5.78 Å². The van der Waals surface area contributed by atoms with E-state index in [1.807, 2.05) is 10.8 Å². The van der Waals surface area contributed by atoms with Gasteiger partial charge in [0.1, 0.15) is 6.67 Å². The molecule has 0 saturated heterocycles. The van der Waals surface area contributed by atoms with Crippen molar-refractivity contribution in [2.75, 3.05) is 6.67 Å². The minimum atomic E-state index is -1.06. The van der Waals surface area contributed by atoms with Gasteiger partial charge in [-0.25, -0.2) is 9.37 Å². The zero-order valence-electron chi connectivity index (χ0n) is 17.6. The van der Waals surface area contributed by atoms with E-state index in [-0.39, 0.29) is 11.3 Å². The predicted molar refractivity (Wildman–Crippen MR) is 109 cm³/mol. The first-order valence-corrected chi connectivity index (χ1v) is 11.7. The molecular weight excluding hydrogens is 367 g/mol. The van der Waals surface area contributed by atoms with E-state index in [9.17, 15) is 14.3 Å². The van der Waals surface area contributed by atoms with E-state index in [1.54, 1.807) is 12.5 Å². The number of alkyl halides is 1. The van der Waals surface area contributed by atoms with Crippen LogP contribution in [-0.4, -0.2) is 32.7 Å². The van der Waals surface area contributed by atoms with Crippen LogP contribution in [0.5, 0.6) is 0 Å². The minimum absolute atomic E-state index is 0.139. The molecule has 1 aromatic rings. The van der Waals surface area contributed by atoms with Gasteiger partial charge in [-0.1, -0.05) is 6.92 Å². The van der Waals surface area contributed by atoms with E-state index < -0.39 is 12.3 Å². The lowest BCUT2D eigenvalue weighted by molar-refractivity contribution is -0.134. The lowest BCUT2D eigenvalue weighted by atomic mass is 9.49. The molecule has 1 N–H and O–H groups in total. The molecule has 1 heterocycles. The number of Topliss-reactive ketones (excluding diaryl/α,β-unsaturated/α-hetero) is 1. The van der Waals surface area contributed by atoms with E-state index in [2.05, 4.69) is 11.9 Å². The Morgan fingerprint density at radius 3 is 2.72 bits per heavy atom. The number of fused-ring (bicyclic) bond motifs is 5. The topological polar surface area (TPSA) is 55.1 Å². The molecule has 8 atom stereocenters. The molecule has 0 amide bonds. The first kappa shape index (κ1) is 19.7. The monoisotopic (exact) mass is 402 g/mol. The molecule has 0 unspecified atom stereocenters. The first-order valence-electron chi connectivity index (χ1n) is 11.7. The summed E-state index contributed by atoms with van der Waals surface area (Å²) < 4.78 is 15.3. The Morgan fingerprint density at radius 1 is 1.14 bits per heavy atom. The summed E-state index contributed by atoms with van der Waals surface area (Å²) in [5.74, 6) is 3.81. The number of carbonyl (C=O) groups is 1. The molecule has 4 fully saturated rings. The van der Waals surface area contributed by atoms with Gasteiger partial charge in [0.05, 0.1) is 18.5 Å². The summed E-state index contributed by atoms with van der Waals surface area (Å²) in [6, 6.07) is 0. The normalized spacial score (nSPS) is 46.6. The van der Waals surface area contributed by atoms with Gasteiger partial charge in [0.2, 0.25) is 0 Å². The molecule has 5 rings (SSSR count). The molecule has 0 aromatic carbocycles. The molecule has 5 heteroatoms. The van der Waals surface area contributed by atoms with Gasteiger partial charge >= 0.3 is 0 Å². The summed E-state index contributed by atoms with van der Waals surface area (Å²) in [7, 11) is 0. The molecule has 0 spiro atoms. The predicted octanol–water partition coefficient (Wildman–Crippen LogP) is 4.42. The smallest absolute Gasteiger partial charge is 0.156 e. The van der Waals surface area contributed by atoms with Crippen molar-refractivity contribution in [2.45, 2.75) is 76.9 Å². The first-order chi connectivity index (χ1) is 13.9. The van der Waals surface area contributed by atoms with Crippen LogP contribution in [-0.2, 0) is 11.3 Å². The van der Waals surface area contributed by atoms with E-state index >= 15 is 0 Å². The lowest BCUT2D eigenvalue weighted by Gasteiger charge is -2.57. The van der Waals surface area contributed by atoms with Crippen LogP contribution in [0.4, 0.5) is 4.39 Å². The maximum Gasteiger partial charge on any atom is 0.156 e. The highest BCUT2D eigenvalue weighted by molar-refractivity contribution is 5.82. The third-order valence-corrected chi connectivity index (χ3v) is 9.64. The summed E-state index contributed by atoms with van der Waals surface area (Å²) in [5.41, 5.74) is -0.921. The largest absolute Gasteiger partial charge is 0.387 e. The second kappa shape index (κ2) is 7.18. The second-order valence-electron chi connectivity index (χ2n) is 10.9. The Morgan fingerprint density at radius 2 is 1.97 bits per heavy atom. The summed E-state index contributed by atoms with van der Waals surface area (Å²) >= 11 is 0. The van der Waals surface area contributed by atoms with Crippen molar-refractivity contribution < 1.29 is 14.3 Å². The number of hydrogen-bond acceptors (Lipinski definition) is 3. The Balaban J connectivity index is 1.31. The fourth-order valence-electron chi connectivity index (χ4n) is 8.28. The minimum Gasteiger partial charge on any atom is -0.387 e. The summed E-state index contributed by atoms with van der Waals surface area (Å²) in [5, 5.41) is 10.5. The SMILES string of the molecule is C[C@]12CC[C@H]3[C@@H](CC[C@@H]4C[C@](O)(CF)CC[C@@H]43)[C@@H]1CC[C@@H]2C(=O)Cn1ccnc1.